The summed E-state index contributed by atoms with van der Waals surface area (Å²) >= 11 is 0. The van der Waals surface area contributed by atoms with Crippen molar-refractivity contribution in [3.8, 4) is 23.1 Å². The van der Waals surface area contributed by atoms with Crippen molar-refractivity contribution >= 4 is 11.8 Å². The van der Waals surface area contributed by atoms with Crippen LogP contribution in [0, 0.1) is 11.3 Å². The fourth-order valence-corrected chi connectivity index (χ4v) is 1.72. The molecule has 6 nitrogen and oxygen atoms in total. The van der Waals surface area contributed by atoms with E-state index in [1.54, 1.807) is 6.07 Å². The molecule has 0 atom stereocenters. The Bertz CT molecular complexity index is 648. The first-order valence-electron chi connectivity index (χ1n) is 5.72. The van der Waals surface area contributed by atoms with Crippen molar-refractivity contribution in [2.75, 3.05) is 18.1 Å². The Kier molecular flexibility index (Phi) is 3.48. The molecule has 2 aromatic rings. The molecule has 0 saturated carbocycles. The standard InChI is InChI=1S/C13H13N5O/c1-2-19-9-5-3-4-8(6-9)11-10(7-14)12(15)18-13(16)17-11/h3-6H,2H2,1H3,(H4,15,16,17,18). The highest BCUT2D eigenvalue weighted by Crippen LogP contribution is 2.27. The van der Waals surface area contributed by atoms with Crippen LogP contribution in [0.3, 0.4) is 0 Å². The number of rotatable bonds is 3. The van der Waals surface area contributed by atoms with Gasteiger partial charge in [0.25, 0.3) is 0 Å². The van der Waals surface area contributed by atoms with E-state index in [0.29, 0.717) is 23.6 Å². The van der Waals surface area contributed by atoms with Crippen molar-refractivity contribution in [3.63, 3.8) is 0 Å². The number of nitriles is 1. The lowest BCUT2D eigenvalue weighted by Crippen LogP contribution is -2.05. The van der Waals surface area contributed by atoms with Crippen molar-refractivity contribution in [3.05, 3.63) is 29.8 Å². The van der Waals surface area contributed by atoms with Crippen molar-refractivity contribution in [1.29, 1.82) is 5.26 Å². The normalized spacial score (nSPS) is 9.89. The minimum Gasteiger partial charge on any atom is -0.494 e. The molecule has 0 saturated heterocycles. The molecule has 0 aliphatic carbocycles. The van der Waals surface area contributed by atoms with Gasteiger partial charge in [0.1, 0.15) is 23.2 Å². The fraction of sp³-hybridized carbons (Fsp3) is 0.154. The Hall–Kier alpha value is -2.81. The van der Waals surface area contributed by atoms with Crippen LogP contribution < -0.4 is 16.2 Å². The monoisotopic (exact) mass is 255 g/mol. The number of ether oxygens (including phenoxy) is 1. The third-order valence-electron chi connectivity index (χ3n) is 2.48. The fourth-order valence-electron chi connectivity index (χ4n) is 1.72. The Labute approximate surface area is 110 Å². The van der Waals surface area contributed by atoms with Crippen molar-refractivity contribution in [2.45, 2.75) is 6.92 Å². The summed E-state index contributed by atoms with van der Waals surface area (Å²) < 4.78 is 5.41. The first-order valence-corrected chi connectivity index (χ1v) is 5.72. The zero-order valence-electron chi connectivity index (χ0n) is 10.4. The third-order valence-corrected chi connectivity index (χ3v) is 2.48. The summed E-state index contributed by atoms with van der Waals surface area (Å²) in [4.78, 5) is 7.86. The van der Waals surface area contributed by atoms with Crippen LogP contribution in [0.1, 0.15) is 12.5 Å². The number of nitrogen functional groups attached to an aromatic ring is 2. The first kappa shape index (κ1) is 12.6. The molecule has 0 fully saturated rings. The molecule has 19 heavy (non-hydrogen) atoms. The van der Waals surface area contributed by atoms with Gasteiger partial charge < -0.3 is 16.2 Å². The maximum absolute atomic E-state index is 9.14. The summed E-state index contributed by atoms with van der Waals surface area (Å²) in [5.41, 5.74) is 12.6. The first-order chi connectivity index (χ1) is 9.15. The van der Waals surface area contributed by atoms with Crippen LogP contribution in [0.4, 0.5) is 11.8 Å². The highest BCUT2D eigenvalue weighted by Gasteiger charge is 2.13. The summed E-state index contributed by atoms with van der Waals surface area (Å²) in [7, 11) is 0. The minimum absolute atomic E-state index is 0.0355. The minimum atomic E-state index is 0.0355. The second-order valence-corrected chi connectivity index (χ2v) is 3.76. The van der Waals surface area contributed by atoms with Gasteiger partial charge in [0.05, 0.1) is 12.3 Å². The average molecular weight is 255 g/mol. The molecule has 0 radical (unpaired) electrons. The highest BCUT2D eigenvalue weighted by atomic mass is 16.5. The van der Waals surface area contributed by atoms with E-state index in [1.807, 2.05) is 31.2 Å². The number of nitrogens with two attached hydrogens (primary N) is 2. The summed E-state index contributed by atoms with van der Waals surface area (Å²) in [6, 6.07) is 9.23. The van der Waals surface area contributed by atoms with E-state index < -0.39 is 0 Å². The Morgan fingerprint density at radius 1 is 1.32 bits per heavy atom. The Balaban J connectivity index is 2.58. The highest BCUT2D eigenvalue weighted by molar-refractivity contribution is 5.73. The van der Waals surface area contributed by atoms with Crippen LogP contribution in [0.25, 0.3) is 11.3 Å². The lowest BCUT2D eigenvalue weighted by molar-refractivity contribution is 0.340. The molecule has 4 N–H and O–H groups in total. The zero-order chi connectivity index (χ0) is 13.8. The molecule has 0 aliphatic rings. The van der Waals surface area contributed by atoms with Gasteiger partial charge in [-0.1, -0.05) is 12.1 Å². The topological polar surface area (TPSA) is 111 Å². The predicted molar refractivity (Wildman–Crippen MR) is 72.2 cm³/mol. The average Bonchev–Trinajstić information content (AvgIpc) is 2.38. The quantitative estimate of drug-likeness (QED) is 0.861. The SMILES string of the molecule is CCOc1cccc(-c2nc(N)nc(N)c2C#N)c1. The van der Waals surface area contributed by atoms with E-state index in [2.05, 4.69) is 9.97 Å². The molecule has 0 unspecified atom stereocenters. The van der Waals surface area contributed by atoms with Gasteiger partial charge in [-0.2, -0.15) is 10.2 Å². The van der Waals surface area contributed by atoms with Gasteiger partial charge >= 0.3 is 0 Å². The van der Waals surface area contributed by atoms with Crippen LogP contribution in [0.5, 0.6) is 5.75 Å². The molecule has 0 aliphatic heterocycles. The van der Waals surface area contributed by atoms with Crippen LogP contribution in [0.15, 0.2) is 24.3 Å². The van der Waals surface area contributed by atoms with E-state index in [-0.39, 0.29) is 17.3 Å². The largest absolute Gasteiger partial charge is 0.494 e. The zero-order valence-corrected chi connectivity index (χ0v) is 10.4. The van der Waals surface area contributed by atoms with Gasteiger partial charge in [-0.15, -0.1) is 0 Å². The van der Waals surface area contributed by atoms with E-state index in [1.165, 1.54) is 0 Å². The molecular formula is C13H13N5O. The van der Waals surface area contributed by atoms with Crippen molar-refractivity contribution in [2.24, 2.45) is 0 Å². The van der Waals surface area contributed by atoms with E-state index in [9.17, 15) is 0 Å². The van der Waals surface area contributed by atoms with E-state index >= 15 is 0 Å². The number of anilines is 2. The van der Waals surface area contributed by atoms with E-state index in [0.717, 1.165) is 0 Å². The Morgan fingerprint density at radius 3 is 2.79 bits per heavy atom. The van der Waals surface area contributed by atoms with Gasteiger partial charge in [0.15, 0.2) is 0 Å². The van der Waals surface area contributed by atoms with Crippen LogP contribution in [-0.4, -0.2) is 16.6 Å². The lowest BCUT2D eigenvalue weighted by atomic mass is 10.1. The molecule has 0 spiro atoms. The molecular weight excluding hydrogens is 242 g/mol. The van der Waals surface area contributed by atoms with Gasteiger partial charge in [0, 0.05) is 5.56 Å². The maximum atomic E-state index is 9.14. The number of nitrogens with zero attached hydrogens (tertiary/aromatic N) is 3. The summed E-state index contributed by atoms with van der Waals surface area (Å²) in [5, 5.41) is 9.14. The maximum Gasteiger partial charge on any atom is 0.222 e. The van der Waals surface area contributed by atoms with Crippen LogP contribution in [-0.2, 0) is 0 Å². The molecule has 1 aromatic heterocycles. The van der Waals surface area contributed by atoms with Crippen molar-refractivity contribution in [1.82, 2.24) is 9.97 Å². The van der Waals surface area contributed by atoms with Crippen molar-refractivity contribution < 1.29 is 4.74 Å². The molecule has 1 heterocycles. The number of hydrogen-bond acceptors (Lipinski definition) is 6. The van der Waals surface area contributed by atoms with Gasteiger partial charge in [-0.25, -0.2) is 4.98 Å². The number of benzene rings is 1. The van der Waals surface area contributed by atoms with Gasteiger partial charge in [-0.3, -0.25) is 0 Å². The molecule has 96 valence electrons. The second kappa shape index (κ2) is 5.23. The molecule has 2 rings (SSSR count). The Morgan fingerprint density at radius 2 is 2.11 bits per heavy atom. The summed E-state index contributed by atoms with van der Waals surface area (Å²) in [5.74, 6) is 0.805. The number of hydrogen-bond donors (Lipinski definition) is 2. The molecule has 6 heteroatoms. The molecule has 1 aromatic carbocycles. The van der Waals surface area contributed by atoms with Gasteiger partial charge in [0.2, 0.25) is 5.95 Å². The van der Waals surface area contributed by atoms with Crippen LogP contribution in [0.2, 0.25) is 0 Å². The smallest absolute Gasteiger partial charge is 0.222 e. The lowest BCUT2D eigenvalue weighted by Gasteiger charge is -2.08. The van der Waals surface area contributed by atoms with E-state index in [4.69, 9.17) is 21.5 Å². The third kappa shape index (κ3) is 2.55. The summed E-state index contributed by atoms with van der Waals surface area (Å²) in [6.07, 6.45) is 0. The van der Waals surface area contributed by atoms with Gasteiger partial charge in [-0.05, 0) is 19.1 Å². The second-order valence-electron chi connectivity index (χ2n) is 3.76. The van der Waals surface area contributed by atoms with Crippen LogP contribution >= 0.6 is 0 Å². The summed E-state index contributed by atoms with van der Waals surface area (Å²) in [6.45, 7) is 2.46. The molecule has 0 amide bonds. The predicted octanol–water partition coefficient (Wildman–Crippen LogP) is 1.58. The molecule has 0 bridgehead atoms. The number of aromatic nitrogens is 2.